The summed E-state index contributed by atoms with van der Waals surface area (Å²) in [5, 5.41) is 0. The van der Waals surface area contributed by atoms with E-state index < -0.39 is 0 Å². The molecule has 0 N–H and O–H groups in total. The fraction of sp³-hybridized carbons (Fsp3) is 0.150. The number of hydrogen-bond acceptors (Lipinski definition) is 1. The molecule has 1 heteroatoms. The van der Waals surface area contributed by atoms with Crippen LogP contribution in [0.4, 0.5) is 0 Å². The van der Waals surface area contributed by atoms with E-state index in [1.165, 1.54) is 5.56 Å². The van der Waals surface area contributed by atoms with Crippen LogP contribution in [0, 0.1) is 6.92 Å². The molecule has 0 saturated heterocycles. The van der Waals surface area contributed by atoms with E-state index in [0.717, 1.165) is 0 Å². The maximum absolute atomic E-state index is 3.78. The van der Waals surface area contributed by atoms with Crippen molar-refractivity contribution in [2.45, 2.75) is 20.8 Å². The van der Waals surface area contributed by atoms with Crippen molar-refractivity contribution in [2.24, 2.45) is 0 Å². The van der Waals surface area contributed by atoms with Gasteiger partial charge in [0.2, 0.25) is 0 Å². The summed E-state index contributed by atoms with van der Waals surface area (Å²) in [6.07, 6.45) is 3.50. The maximum atomic E-state index is 3.78. The standard InChI is InChI=1S/C7H8.C6H6.C5H5N.C2H6/c1-7-5-3-2-4-6-7;2*1-2-4-6-5-3-1;1-2/h2-6H,1H3;1-6H;1-5H;1-2H3. The van der Waals surface area contributed by atoms with Crippen LogP contribution in [-0.2, 0) is 0 Å². The highest BCUT2D eigenvalue weighted by Gasteiger charge is 1.72. The molecule has 1 nitrogen and oxygen atoms in total. The lowest BCUT2D eigenvalue weighted by molar-refractivity contribution is 1.33. The second-order valence-corrected chi connectivity index (χ2v) is 3.83. The molecule has 1 heterocycles. The Morgan fingerprint density at radius 2 is 0.857 bits per heavy atom. The van der Waals surface area contributed by atoms with Crippen LogP contribution in [0.1, 0.15) is 19.4 Å². The van der Waals surface area contributed by atoms with E-state index in [2.05, 4.69) is 24.0 Å². The van der Waals surface area contributed by atoms with Crippen molar-refractivity contribution in [3.05, 3.63) is 103 Å². The highest BCUT2D eigenvalue weighted by Crippen LogP contribution is 1.92. The maximum Gasteiger partial charge on any atom is 0.0267 e. The SMILES string of the molecule is CC.Cc1ccccc1.c1ccccc1.c1ccncc1. The van der Waals surface area contributed by atoms with Crippen LogP contribution in [0.2, 0.25) is 0 Å². The van der Waals surface area contributed by atoms with Gasteiger partial charge in [0.15, 0.2) is 0 Å². The molecular formula is C20H25N. The van der Waals surface area contributed by atoms with Crippen molar-refractivity contribution < 1.29 is 0 Å². The Hall–Kier alpha value is -2.41. The molecule has 21 heavy (non-hydrogen) atoms. The molecule has 0 radical (unpaired) electrons. The van der Waals surface area contributed by atoms with Gasteiger partial charge in [-0.1, -0.05) is 92.2 Å². The molecule has 0 spiro atoms. The summed E-state index contributed by atoms with van der Waals surface area (Å²) in [5.41, 5.74) is 1.32. The first kappa shape index (κ1) is 18.6. The van der Waals surface area contributed by atoms with Crippen LogP contribution in [0.5, 0.6) is 0 Å². The normalized spacial score (nSPS) is 7.76. The third-order valence-corrected chi connectivity index (χ3v) is 2.17. The Bertz CT molecular complexity index is 407. The summed E-state index contributed by atoms with van der Waals surface area (Å²) in [6, 6.07) is 28.0. The Balaban J connectivity index is 0.000000271. The summed E-state index contributed by atoms with van der Waals surface area (Å²) in [6.45, 7) is 6.08. The van der Waals surface area contributed by atoms with Gasteiger partial charge in [0, 0.05) is 12.4 Å². The van der Waals surface area contributed by atoms with Crippen molar-refractivity contribution in [3.8, 4) is 0 Å². The summed E-state index contributed by atoms with van der Waals surface area (Å²) < 4.78 is 0. The van der Waals surface area contributed by atoms with Crippen molar-refractivity contribution >= 4 is 0 Å². The number of rotatable bonds is 0. The van der Waals surface area contributed by atoms with Gasteiger partial charge < -0.3 is 0 Å². The molecule has 3 aromatic rings. The summed E-state index contributed by atoms with van der Waals surface area (Å²) in [7, 11) is 0. The molecule has 0 saturated carbocycles. The molecule has 1 aromatic heterocycles. The van der Waals surface area contributed by atoms with Gasteiger partial charge in [0.25, 0.3) is 0 Å². The molecule has 0 aliphatic rings. The van der Waals surface area contributed by atoms with Gasteiger partial charge in [-0.3, -0.25) is 4.98 Å². The van der Waals surface area contributed by atoms with Gasteiger partial charge in [-0.15, -0.1) is 0 Å². The van der Waals surface area contributed by atoms with Gasteiger partial charge in [-0.2, -0.15) is 0 Å². The van der Waals surface area contributed by atoms with E-state index >= 15 is 0 Å². The topological polar surface area (TPSA) is 12.9 Å². The number of benzene rings is 2. The first-order valence-corrected chi connectivity index (χ1v) is 7.26. The lowest BCUT2D eigenvalue weighted by Crippen LogP contribution is -1.62. The number of hydrogen-bond donors (Lipinski definition) is 0. The number of nitrogens with zero attached hydrogens (tertiary/aromatic N) is 1. The summed E-state index contributed by atoms with van der Waals surface area (Å²) in [5.74, 6) is 0. The van der Waals surface area contributed by atoms with Crippen LogP contribution in [-0.4, -0.2) is 4.98 Å². The van der Waals surface area contributed by atoms with Crippen molar-refractivity contribution in [1.82, 2.24) is 4.98 Å². The highest BCUT2D eigenvalue weighted by molar-refractivity contribution is 5.11. The van der Waals surface area contributed by atoms with Gasteiger partial charge in [0.1, 0.15) is 0 Å². The molecule has 0 aliphatic heterocycles. The lowest BCUT2D eigenvalue weighted by Gasteiger charge is -1.82. The highest BCUT2D eigenvalue weighted by atomic mass is 14.6. The van der Waals surface area contributed by atoms with Gasteiger partial charge in [0.05, 0.1) is 0 Å². The van der Waals surface area contributed by atoms with Crippen molar-refractivity contribution in [3.63, 3.8) is 0 Å². The molecule has 0 bridgehead atoms. The Labute approximate surface area is 129 Å². The number of pyridine rings is 1. The minimum Gasteiger partial charge on any atom is -0.265 e. The molecule has 3 rings (SSSR count). The number of aryl methyl sites for hydroxylation is 1. The third kappa shape index (κ3) is 13.8. The zero-order valence-corrected chi connectivity index (χ0v) is 13.2. The van der Waals surface area contributed by atoms with Gasteiger partial charge in [-0.25, -0.2) is 0 Å². The second-order valence-electron chi connectivity index (χ2n) is 3.83. The minimum absolute atomic E-state index is 1.32. The largest absolute Gasteiger partial charge is 0.265 e. The second kappa shape index (κ2) is 15.6. The lowest BCUT2D eigenvalue weighted by atomic mass is 10.2. The van der Waals surface area contributed by atoms with Crippen LogP contribution < -0.4 is 0 Å². The van der Waals surface area contributed by atoms with Gasteiger partial charge >= 0.3 is 0 Å². The monoisotopic (exact) mass is 279 g/mol. The molecule has 0 atom stereocenters. The fourth-order valence-electron chi connectivity index (χ4n) is 1.23. The molecular weight excluding hydrogens is 254 g/mol. The molecule has 2 aromatic carbocycles. The van der Waals surface area contributed by atoms with Crippen molar-refractivity contribution in [2.75, 3.05) is 0 Å². The van der Waals surface area contributed by atoms with E-state index in [0.29, 0.717) is 0 Å². The average molecular weight is 279 g/mol. The quantitative estimate of drug-likeness (QED) is 0.507. The first-order chi connectivity index (χ1) is 10.4. The molecule has 0 fully saturated rings. The van der Waals surface area contributed by atoms with E-state index in [9.17, 15) is 0 Å². The predicted molar refractivity (Wildman–Crippen MR) is 93.2 cm³/mol. The Morgan fingerprint density at radius 1 is 0.524 bits per heavy atom. The third-order valence-electron chi connectivity index (χ3n) is 2.17. The van der Waals surface area contributed by atoms with Crippen molar-refractivity contribution in [1.29, 1.82) is 0 Å². The zero-order valence-electron chi connectivity index (χ0n) is 13.2. The van der Waals surface area contributed by atoms with Crippen LogP contribution in [0.3, 0.4) is 0 Å². The summed E-state index contributed by atoms with van der Waals surface area (Å²) >= 11 is 0. The van der Waals surface area contributed by atoms with Crippen LogP contribution >= 0.6 is 0 Å². The predicted octanol–water partition coefficient (Wildman–Crippen LogP) is 5.79. The van der Waals surface area contributed by atoms with E-state index in [-0.39, 0.29) is 0 Å². The first-order valence-electron chi connectivity index (χ1n) is 7.26. The van der Waals surface area contributed by atoms with E-state index in [1.54, 1.807) is 12.4 Å². The molecule has 0 amide bonds. The van der Waals surface area contributed by atoms with E-state index in [4.69, 9.17) is 0 Å². The van der Waals surface area contributed by atoms with Crippen LogP contribution in [0.15, 0.2) is 97.3 Å². The average Bonchev–Trinajstić information content (AvgIpc) is 2.62. The Morgan fingerprint density at radius 3 is 1.05 bits per heavy atom. The Kier molecular flexibility index (Phi) is 13.9. The molecule has 0 unspecified atom stereocenters. The fourth-order valence-corrected chi connectivity index (χ4v) is 1.23. The molecule has 0 aliphatic carbocycles. The molecule has 110 valence electrons. The smallest absolute Gasteiger partial charge is 0.0267 e. The minimum atomic E-state index is 1.32. The van der Waals surface area contributed by atoms with Crippen LogP contribution in [0.25, 0.3) is 0 Å². The summed E-state index contributed by atoms with van der Waals surface area (Å²) in [4.78, 5) is 3.78. The zero-order chi connectivity index (χ0) is 15.6. The number of aromatic nitrogens is 1. The van der Waals surface area contributed by atoms with Gasteiger partial charge in [-0.05, 0) is 19.1 Å². The van der Waals surface area contributed by atoms with E-state index in [1.807, 2.05) is 86.6 Å².